The molecule has 0 saturated heterocycles. The minimum absolute atomic E-state index is 0.0346. The molecule has 0 bridgehead atoms. The first-order chi connectivity index (χ1) is 15.7. The van der Waals surface area contributed by atoms with Crippen molar-refractivity contribution in [1.82, 2.24) is 5.43 Å². The van der Waals surface area contributed by atoms with Gasteiger partial charge in [0.2, 0.25) is 0 Å². The molecule has 0 spiro atoms. The van der Waals surface area contributed by atoms with Crippen molar-refractivity contribution >= 4 is 78.1 Å². The molecular weight excluding hydrogens is 671 g/mol. The Balaban J connectivity index is 1.58. The number of ether oxygens (including phenoxy) is 1. The molecule has 170 valence electrons. The third kappa shape index (κ3) is 7.24. The van der Waals surface area contributed by atoms with E-state index in [1.807, 2.05) is 31.2 Å². The highest BCUT2D eigenvalue weighted by Crippen LogP contribution is 2.32. The molecule has 0 saturated carbocycles. The second-order valence-corrected chi connectivity index (χ2v) is 9.68. The first-order valence-electron chi connectivity index (χ1n) is 9.44. The summed E-state index contributed by atoms with van der Waals surface area (Å²) in [6, 6.07) is 14.9. The molecule has 0 aliphatic heterocycles. The molecule has 3 aromatic rings. The summed E-state index contributed by atoms with van der Waals surface area (Å²) in [7, 11) is 0. The molecule has 3 aromatic carbocycles. The van der Waals surface area contributed by atoms with Crippen LogP contribution in [0.25, 0.3) is 0 Å². The van der Waals surface area contributed by atoms with Crippen LogP contribution < -0.4 is 15.5 Å². The van der Waals surface area contributed by atoms with Crippen molar-refractivity contribution in [2.24, 2.45) is 5.10 Å². The number of amides is 2. The van der Waals surface area contributed by atoms with E-state index in [2.05, 4.69) is 70.3 Å². The maximum atomic E-state index is 12.0. The number of carbonyl (C=O) groups excluding carboxylic acids is 1. The average molecular weight is 688 g/mol. The fourth-order valence-corrected chi connectivity index (χ4v) is 4.72. The first kappa shape index (κ1) is 25.1. The Morgan fingerprint density at radius 3 is 2.52 bits per heavy atom. The largest absolute Gasteiger partial charge is 0.487 e. The number of hydrazone groups is 1. The van der Waals surface area contributed by atoms with Crippen molar-refractivity contribution in [3.8, 4) is 5.75 Å². The summed E-state index contributed by atoms with van der Waals surface area (Å²) in [6.45, 7) is 2.20. The van der Waals surface area contributed by atoms with Gasteiger partial charge in [-0.25, -0.2) is 10.2 Å². The van der Waals surface area contributed by atoms with Gasteiger partial charge in [0.25, 0.3) is 5.69 Å². The van der Waals surface area contributed by atoms with Crippen LogP contribution in [0.2, 0.25) is 0 Å². The van der Waals surface area contributed by atoms with Gasteiger partial charge in [-0.15, -0.1) is 0 Å². The zero-order chi connectivity index (χ0) is 24.0. The summed E-state index contributed by atoms with van der Waals surface area (Å²) in [5, 5.41) is 17.5. The zero-order valence-electron chi connectivity index (χ0n) is 17.1. The van der Waals surface area contributed by atoms with Crippen LogP contribution in [0.1, 0.15) is 16.7 Å². The number of nitro benzene ring substituents is 1. The molecule has 2 N–H and O–H groups in total. The van der Waals surface area contributed by atoms with Gasteiger partial charge in [0, 0.05) is 22.3 Å². The van der Waals surface area contributed by atoms with E-state index in [-0.39, 0.29) is 12.3 Å². The van der Waals surface area contributed by atoms with Crippen molar-refractivity contribution in [3.63, 3.8) is 0 Å². The standard InChI is InChI=1S/C22H17Br2IN4O4/c1-13-8-16(4-7-18(13)23)27-22(30)28-26-11-15-9-19(24)21(20(25)10-15)33-12-14-2-5-17(6-3-14)29(31)32/h2-11H,12H2,1H3,(H2,27,28,30)/b26-11+. The Bertz CT molecular complexity index is 1200. The fourth-order valence-electron chi connectivity index (χ4n) is 2.71. The van der Waals surface area contributed by atoms with Crippen molar-refractivity contribution in [3.05, 3.63) is 93.9 Å². The molecule has 2 amide bonds. The van der Waals surface area contributed by atoms with Gasteiger partial charge in [0.15, 0.2) is 0 Å². The van der Waals surface area contributed by atoms with Crippen LogP contribution in [0.5, 0.6) is 5.75 Å². The summed E-state index contributed by atoms with van der Waals surface area (Å²) in [5.74, 6) is 0.641. The number of halogens is 3. The number of rotatable bonds is 7. The van der Waals surface area contributed by atoms with Gasteiger partial charge in [0.1, 0.15) is 12.4 Å². The highest BCUT2D eigenvalue weighted by Gasteiger charge is 2.10. The van der Waals surface area contributed by atoms with E-state index >= 15 is 0 Å². The summed E-state index contributed by atoms with van der Waals surface area (Å²) < 4.78 is 8.40. The Morgan fingerprint density at radius 2 is 1.88 bits per heavy atom. The highest BCUT2D eigenvalue weighted by molar-refractivity contribution is 14.1. The summed E-state index contributed by atoms with van der Waals surface area (Å²) in [6.07, 6.45) is 1.53. The van der Waals surface area contributed by atoms with Gasteiger partial charge >= 0.3 is 6.03 Å². The third-order valence-corrected chi connectivity index (χ3v) is 6.63. The number of hydrogen-bond acceptors (Lipinski definition) is 5. The Morgan fingerprint density at radius 1 is 1.15 bits per heavy atom. The Labute approximate surface area is 220 Å². The van der Waals surface area contributed by atoms with Crippen molar-refractivity contribution in [1.29, 1.82) is 0 Å². The van der Waals surface area contributed by atoms with E-state index in [1.165, 1.54) is 18.3 Å². The number of urea groups is 1. The minimum atomic E-state index is -0.454. The minimum Gasteiger partial charge on any atom is -0.487 e. The van der Waals surface area contributed by atoms with Crippen LogP contribution in [0.15, 0.2) is 68.6 Å². The van der Waals surface area contributed by atoms with Gasteiger partial charge in [0.05, 0.1) is 19.2 Å². The monoisotopic (exact) mass is 686 g/mol. The van der Waals surface area contributed by atoms with Crippen LogP contribution in [0.3, 0.4) is 0 Å². The molecule has 0 fully saturated rings. The van der Waals surface area contributed by atoms with Crippen LogP contribution in [-0.2, 0) is 6.61 Å². The fraction of sp³-hybridized carbons (Fsp3) is 0.0909. The highest BCUT2D eigenvalue weighted by atomic mass is 127. The third-order valence-electron chi connectivity index (χ3n) is 4.35. The average Bonchev–Trinajstić information content (AvgIpc) is 2.76. The van der Waals surface area contributed by atoms with Crippen LogP contribution >= 0.6 is 54.5 Å². The zero-order valence-corrected chi connectivity index (χ0v) is 22.5. The first-order valence-corrected chi connectivity index (χ1v) is 12.1. The molecule has 11 heteroatoms. The van der Waals surface area contributed by atoms with Crippen LogP contribution in [0.4, 0.5) is 16.2 Å². The predicted molar refractivity (Wildman–Crippen MR) is 143 cm³/mol. The van der Waals surface area contributed by atoms with Gasteiger partial charge in [-0.05, 0) is 105 Å². The van der Waals surface area contributed by atoms with Gasteiger partial charge in [-0.3, -0.25) is 10.1 Å². The number of nitro groups is 1. The number of anilines is 1. The van der Waals surface area contributed by atoms with Crippen molar-refractivity contribution in [2.75, 3.05) is 5.32 Å². The normalized spacial score (nSPS) is 10.8. The molecule has 0 heterocycles. The van der Waals surface area contributed by atoms with Crippen molar-refractivity contribution < 1.29 is 14.5 Å². The lowest BCUT2D eigenvalue weighted by Gasteiger charge is -2.11. The maximum absolute atomic E-state index is 12.0. The van der Waals surface area contributed by atoms with E-state index in [4.69, 9.17) is 4.74 Å². The summed E-state index contributed by atoms with van der Waals surface area (Å²) in [5.41, 5.74) is 5.71. The number of non-ortho nitro benzene ring substituents is 1. The second-order valence-electron chi connectivity index (χ2n) is 6.81. The number of benzene rings is 3. The lowest BCUT2D eigenvalue weighted by molar-refractivity contribution is -0.384. The van der Waals surface area contributed by atoms with Crippen molar-refractivity contribution in [2.45, 2.75) is 13.5 Å². The molecule has 0 aromatic heterocycles. The van der Waals surface area contributed by atoms with E-state index in [0.717, 1.165) is 24.7 Å². The molecule has 8 nitrogen and oxygen atoms in total. The molecule has 33 heavy (non-hydrogen) atoms. The predicted octanol–water partition coefficient (Wildman–Crippen LogP) is 6.77. The molecule has 0 unspecified atom stereocenters. The molecule has 0 atom stereocenters. The molecular formula is C22H17Br2IN4O4. The summed E-state index contributed by atoms with van der Waals surface area (Å²) in [4.78, 5) is 22.4. The number of nitrogens with one attached hydrogen (secondary N) is 2. The van der Waals surface area contributed by atoms with E-state index in [9.17, 15) is 14.9 Å². The molecule has 0 radical (unpaired) electrons. The maximum Gasteiger partial charge on any atom is 0.339 e. The van der Waals surface area contributed by atoms with E-state index in [0.29, 0.717) is 15.9 Å². The number of nitrogens with zero attached hydrogens (tertiary/aromatic N) is 2. The Hall–Kier alpha value is -2.51. The quantitative estimate of drug-likeness (QED) is 0.124. The molecule has 0 aliphatic rings. The molecule has 3 rings (SSSR count). The topological polar surface area (TPSA) is 106 Å². The number of aryl methyl sites for hydroxylation is 1. The SMILES string of the molecule is Cc1cc(NC(=O)N/N=C/c2cc(Br)c(OCc3ccc([N+](=O)[O-])cc3)c(I)c2)ccc1Br. The Kier molecular flexibility index (Phi) is 8.80. The van der Waals surface area contributed by atoms with Gasteiger partial charge in [-0.2, -0.15) is 5.10 Å². The lowest BCUT2D eigenvalue weighted by Crippen LogP contribution is -2.24. The van der Waals surface area contributed by atoms with Crippen LogP contribution in [0, 0.1) is 20.6 Å². The number of hydrogen-bond donors (Lipinski definition) is 2. The molecule has 0 aliphatic carbocycles. The van der Waals surface area contributed by atoms with E-state index < -0.39 is 11.0 Å². The number of carbonyl (C=O) groups is 1. The van der Waals surface area contributed by atoms with Gasteiger partial charge < -0.3 is 10.1 Å². The second kappa shape index (κ2) is 11.6. The summed E-state index contributed by atoms with van der Waals surface area (Å²) >= 11 is 9.06. The smallest absolute Gasteiger partial charge is 0.339 e. The van der Waals surface area contributed by atoms with E-state index in [1.54, 1.807) is 18.2 Å². The van der Waals surface area contributed by atoms with Crippen LogP contribution in [-0.4, -0.2) is 17.2 Å². The lowest BCUT2D eigenvalue weighted by atomic mass is 10.2. The van der Waals surface area contributed by atoms with Gasteiger partial charge in [-0.1, -0.05) is 15.9 Å².